The van der Waals surface area contributed by atoms with E-state index in [1.807, 2.05) is 31.2 Å². The van der Waals surface area contributed by atoms with Gasteiger partial charge in [-0.3, -0.25) is 4.79 Å². The second-order valence-corrected chi connectivity index (χ2v) is 7.78. The van der Waals surface area contributed by atoms with Crippen molar-refractivity contribution in [1.82, 2.24) is 4.72 Å². The fourth-order valence-corrected chi connectivity index (χ4v) is 3.77. The van der Waals surface area contributed by atoms with E-state index in [1.165, 1.54) is 7.05 Å². The molecule has 0 aliphatic carbocycles. The van der Waals surface area contributed by atoms with Crippen LogP contribution in [0.25, 0.3) is 0 Å². The Labute approximate surface area is 142 Å². The minimum Gasteiger partial charge on any atom is -0.312 e. The van der Waals surface area contributed by atoms with Crippen molar-refractivity contribution in [2.45, 2.75) is 24.7 Å². The Kier molecular flexibility index (Phi) is 4.43. The summed E-state index contributed by atoms with van der Waals surface area (Å²) in [6.45, 7) is 2.58. The third-order valence-electron chi connectivity index (χ3n) is 4.43. The van der Waals surface area contributed by atoms with Gasteiger partial charge in [0.05, 0.1) is 11.3 Å². The quantitative estimate of drug-likeness (QED) is 0.923. The monoisotopic (exact) mass is 344 g/mol. The van der Waals surface area contributed by atoms with E-state index in [-0.39, 0.29) is 10.8 Å². The summed E-state index contributed by atoms with van der Waals surface area (Å²) >= 11 is 0. The number of hydrogen-bond acceptors (Lipinski definition) is 3. The van der Waals surface area contributed by atoms with Crippen LogP contribution in [-0.4, -0.2) is 27.9 Å². The van der Waals surface area contributed by atoms with Gasteiger partial charge in [-0.05, 0) is 55.3 Å². The van der Waals surface area contributed by atoms with Gasteiger partial charge in [0.15, 0.2) is 0 Å². The number of benzene rings is 2. The molecule has 0 fully saturated rings. The topological polar surface area (TPSA) is 66.5 Å². The van der Waals surface area contributed by atoms with E-state index in [4.69, 9.17) is 0 Å². The molecular formula is C18H20N2O3S. The molecule has 0 spiro atoms. The number of anilines is 1. The highest BCUT2D eigenvalue weighted by molar-refractivity contribution is 7.89. The lowest BCUT2D eigenvalue weighted by atomic mass is 10.1. The van der Waals surface area contributed by atoms with Gasteiger partial charge in [-0.2, -0.15) is 0 Å². The van der Waals surface area contributed by atoms with Crippen molar-refractivity contribution in [2.24, 2.45) is 0 Å². The van der Waals surface area contributed by atoms with Crippen molar-refractivity contribution < 1.29 is 13.2 Å². The van der Waals surface area contributed by atoms with Crippen LogP contribution >= 0.6 is 0 Å². The second-order valence-electron chi connectivity index (χ2n) is 5.90. The largest absolute Gasteiger partial charge is 0.312 e. The molecule has 1 N–H and O–H groups in total. The number of amides is 1. The minimum atomic E-state index is -3.47. The second kappa shape index (κ2) is 6.37. The molecule has 0 saturated carbocycles. The Balaban J connectivity index is 1.85. The van der Waals surface area contributed by atoms with Crippen LogP contribution in [0.15, 0.2) is 47.4 Å². The van der Waals surface area contributed by atoms with Gasteiger partial charge in [0.2, 0.25) is 15.9 Å². The van der Waals surface area contributed by atoms with Crippen LogP contribution in [0.5, 0.6) is 0 Å². The smallest absolute Gasteiger partial charge is 0.240 e. The number of nitrogens with zero attached hydrogens (tertiary/aromatic N) is 1. The molecule has 0 aromatic heterocycles. The van der Waals surface area contributed by atoms with Gasteiger partial charge in [-0.25, -0.2) is 13.1 Å². The van der Waals surface area contributed by atoms with Gasteiger partial charge >= 0.3 is 0 Å². The van der Waals surface area contributed by atoms with Gasteiger partial charge in [0.25, 0.3) is 0 Å². The maximum atomic E-state index is 12.7. The Morgan fingerprint density at radius 3 is 2.67 bits per heavy atom. The summed E-state index contributed by atoms with van der Waals surface area (Å²) in [5.74, 6) is 0.0345. The molecule has 0 unspecified atom stereocenters. The molecule has 1 aliphatic heterocycles. The molecule has 1 amide bonds. The van der Waals surface area contributed by atoms with Crippen LogP contribution in [0.3, 0.4) is 0 Å². The lowest BCUT2D eigenvalue weighted by Gasteiger charge is -2.18. The first-order chi connectivity index (χ1) is 11.4. The number of fused-ring (bicyclic) bond motifs is 1. The van der Waals surface area contributed by atoms with Crippen LogP contribution in [-0.2, 0) is 27.7 Å². The minimum absolute atomic E-state index is 0.0345. The summed E-state index contributed by atoms with van der Waals surface area (Å²) in [6, 6.07) is 12.8. The summed E-state index contributed by atoms with van der Waals surface area (Å²) in [5, 5.41) is 0. The predicted molar refractivity (Wildman–Crippen MR) is 93.6 cm³/mol. The van der Waals surface area contributed by atoms with Gasteiger partial charge < -0.3 is 4.90 Å². The first kappa shape index (κ1) is 16.7. The van der Waals surface area contributed by atoms with E-state index in [0.717, 1.165) is 22.4 Å². The van der Waals surface area contributed by atoms with E-state index in [9.17, 15) is 13.2 Å². The average Bonchev–Trinajstić information content (AvgIpc) is 3.00. The molecule has 126 valence electrons. The number of nitrogens with one attached hydrogen (secondary N) is 1. The van der Waals surface area contributed by atoms with E-state index >= 15 is 0 Å². The molecule has 2 aromatic rings. The third-order valence-corrected chi connectivity index (χ3v) is 5.84. The molecule has 5 nitrogen and oxygen atoms in total. The van der Waals surface area contributed by atoms with E-state index in [0.29, 0.717) is 19.4 Å². The standard InChI is InChI=1S/C18H20N2O3S/c1-13-5-3-4-6-14(13)12-18(21)20-10-9-15-11-16(7-8-17(15)20)24(22,23)19-2/h3-8,11,19H,9-10,12H2,1-2H3. The predicted octanol–water partition coefficient (Wildman–Crippen LogP) is 2.03. The molecule has 2 aromatic carbocycles. The number of hydrogen-bond donors (Lipinski definition) is 1. The molecule has 0 atom stereocenters. The van der Waals surface area contributed by atoms with Gasteiger partial charge in [-0.15, -0.1) is 0 Å². The lowest BCUT2D eigenvalue weighted by molar-refractivity contribution is -0.117. The SMILES string of the molecule is CNS(=O)(=O)c1ccc2c(c1)CCN2C(=O)Cc1ccccc1C. The van der Waals surface area contributed by atoms with Crippen molar-refractivity contribution in [3.8, 4) is 0 Å². The van der Waals surface area contributed by atoms with Crippen LogP contribution < -0.4 is 9.62 Å². The summed E-state index contributed by atoms with van der Waals surface area (Å²) in [5.41, 5.74) is 3.82. The molecule has 0 bridgehead atoms. The fourth-order valence-electron chi connectivity index (χ4n) is 2.99. The van der Waals surface area contributed by atoms with Crippen molar-refractivity contribution in [2.75, 3.05) is 18.5 Å². The molecular weight excluding hydrogens is 324 g/mol. The summed E-state index contributed by atoms with van der Waals surface area (Å²) in [4.78, 5) is 14.6. The lowest BCUT2D eigenvalue weighted by Crippen LogP contribution is -2.30. The molecule has 0 saturated heterocycles. The summed E-state index contributed by atoms with van der Waals surface area (Å²) in [6.07, 6.45) is 1.02. The van der Waals surface area contributed by atoms with Crippen LogP contribution in [0, 0.1) is 6.92 Å². The highest BCUT2D eigenvalue weighted by atomic mass is 32.2. The number of carbonyl (C=O) groups is 1. The van der Waals surface area contributed by atoms with Crippen molar-refractivity contribution in [3.63, 3.8) is 0 Å². The third kappa shape index (κ3) is 3.07. The Bertz CT molecular complexity index is 891. The molecule has 1 aliphatic rings. The zero-order valence-electron chi connectivity index (χ0n) is 13.7. The van der Waals surface area contributed by atoms with E-state index < -0.39 is 10.0 Å². The highest BCUT2D eigenvalue weighted by Gasteiger charge is 2.26. The zero-order valence-corrected chi connectivity index (χ0v) is 14.6. The first-order valence-corrected chi connectivity index (χ1v) is 9.32. The molecule has 24 heavy (non-hydrogen) atoms. The van der Waals surface area contributed by atoms with Crippen molar-refractivity contribution in [1.29, 1.82) is 0 Å². The highest BCUT2D eigenvalue weighted by Crippen LogP contribution is 2.30. The first-order valence-electron chi connectivity index (χ1n) is 7.84. The molecule has 3 rings (SSSR count). The van der Waals surface area contributed by atoms with Crippen LogP contribution in [0.4, 0.5) is 5.69 Å². The van der Waals surface area contributed by atoms with Gasteiger partial charge in [0, 0.05) is 12.2 Å². The van der Waals surface area contributed by atoms with Crippen LogP contribution in [0.1, 0.15) is 16.7 Å². The Morgan fingerprint density at radius 1 is 1.21 bits per heavy atom. The number of rotatable bonds is 4. The molecule has 6 heteroatoms. The Hall–Kier alpha value is -2.18. The van der Waals surface area contributed by atoms with E-state index in [1.54, 1.807) is 23.1 Å². The summed E-state index contributed by atoms with van der Waals surface area (Å²) in [7, 11) is -2.08. The van der Waals surface area contributed by atoms with Crippen LogP contribution in [0.2, 0.25) is 0 Å². The normalized spacial score (nSPS) is 13.8. The van der Waals surface area contributed by atoms with Gasteiger partial charge in [0.1, 0.15) is 0 Å². The fraction of sp³-hybridized carbons (Fsp3) is 0.278. The Morgan fingerprint density at radius 2 is 1.96 bits per heavy atom. The molecule has 1 heterocycles. The number of aryl methyl sites for hydroxylation is 1. The maximum absolute atomic E-state index is 12.7. The summed E-state index contributed by atoms with van der Waals surface area (Å²) < 4.78 is 26.1. The number of carbonyl (C=O) groups excluding carboxylic acids is 1. The zero-order chi connectivity index (χ0) is 17.3. The average molecular weight is 344 g/mol. The molecule has 0 radical (unpaired) electrons. The van der Waals surface area contributed by atoms with Crippen molar-refractivity contribution in [3.05, 3.63) is 59.2 Å². The van der Waals surface area contributed by atoms with Gasteiger partial charge in [-0.1, -0.05) is 24.3 Å². The van der Waals surface area contributed by atoms with E-state index in [2.05, 4.69) is 4.72 Å². The number of sulfonamides is 1. The van der Waals surface area contributed by atoms with Crippen molar-refractivity contribution >= 4 is 21.6 Å². The maximum Gasteiger partial charge on any atom is 0.240 e.